The van der Waals surface area contributed by atoms with E-state index in [0.29, 0.717) is 0 Å². The van der Waals surface area contributed by atoms with Crippen LogP contribution in [0.2, 0.25) is 0 Å². The molecule has 18 heavy (non-hydrogen) atoms. The van der Waals surface area contributed by atoms with Crippen LogP contribution in [0.5, 0.6) is 0 Å². The zero-order valence-electron chi connectivity index (χ0n) is 10.6. The molecule has 0 fully saturated rings. The quantitative estimate of drug-likeness (QED) is 0.810. The number of hydrogen-bond acceptors (Lipinski definition) is 4. The SMILES string of the molecule is CC(C)S(=O)(=O)NC(=O)[C@H](C)N(C)CC(F)(F)F. The first-order valence-corrected chi connectivity index (χ1v) is 6.74. The van der Waals surface area contributed by atoms with Gasteiger partial charge in [-0.3, -0.25) is 14.4 Å². The molecule has 9 heteroatoms. The Balaban J connectivity index is 4.63. The van der Waals surface area contributed by atoms with Crippen LogP contribution in [0.25, 0.3) is 0 Å². The largest absolute Gasteiger partial charge is 0.401 e. The molecular weight excluding hydrogens is 273 g/mol. The van der Waals surface area contributed by atoms with Gasteiger partial charge in [-0.1, -0.05) is 0 Å². The average molecular weight is 290 g/mol. The summed E-state index contributed by atoms with van der Waals surface area (Å²) in [6.45, 7) is 2.64. The lowest BCUT2D eigenvalue weighted by Gasteiger charge is -2.24. The maximum absolute atomic E-state index is 12.1. The van der Waals surface area contributed by atoms with Crippen molar-refractivity contribution in [3.8, 4) is 0 Å². The molecule has 0 aromatic heterocycles. The van der Waals surface area contributed by atoms with E-state index in [1.807, 2.05) is 0 Å². The Morgan fingerprint density at radius 3 is 2.06 bits per heavy atom. The number of carbonyl (C=O) groups is 1. The molecule has 0 aromatic carbocycles. The van der Waals surface area contributed by atoms with Crippen LogP contribution >= 0.6 is 0 Å². The number of likely N-dealkylation sites (N-methyl/N-ethyl adjacent to an activating group) is 1. The second-order valence-corrected chi connectivity index (χ2v) is 6.50. The standard InChI is InChI=1S/C9H17F3N2O3S/c1-6(2)18(16,17)13-8(15)7(3)14(4)5-9(10,11)12/h6-7H,5H2,1-4H3,(H,13,15)/t7-/m0/s1. The minimum atomic E-state index is -4.44. The minimum Gasteiger partial charge on any atom is -0.287 e. The molecule has 0 spiro atoms. The first kappa shape index (κ1) is 17.2. The maximum atomic E-state index is 12.1. The predicted octanol–water partition coefficient (Wildman–Crippen LogP) is 0.723. The second kappa shape index (κ2) is 5.87. The van der Waals surface area contributed by atoms with Gasteiger partial charge in [0.25, 0.3) is 0 Å². The van der Waals surface area contributed by atoms with E-state index in [1.165, 1.54) is 20.8 Å². The fourth-order valence-electron chi connectivity index (χ4n) is 0.963. The number of hydrogen-bond donors (Lipinski definition) is 1. The number of nitrogens with zero attached hydrogens (tertiary/aromatic N) is 1. The van der Waals surface area contributed by atoms with Crippen molar-refractivity contribution in [1.29, 1.82) is 0 Å². The van der Waals surface area contributed by atoms with E-state index >= 15 is 0 Å². The fraction of sp³-hybridized carbons (Fsp3) is 0.889. The van der Waals surface area contributed by atoms with Crippen molar-refractivity contribution in [2.24, 2.45) is 0 Å². The van der Waals surface area contributed by atoms with E-state index in [-0.39, 0.29) is 0 Å². The van der Waals surface area contributed by atoms with Crippen LogP contribution in [-0.4, -0.2) is 50.3 Å². The summed E-state index contributed by atoms with van der Waals surface area (Å²) in [5.41, 5.74) is 0. The van der Waals surface area contributed by atoms with Gasteiger partial charge < -0.3 is 0 Å². The number of alkyl halides is 3. The van der Waals surface area contributed by atoms with Gasteiger partial charge in [-0.2, -0.15) is 13.2 Å². The highest BCUT2D eigenvalue weighted by Gasteiger charge is 2.33. The van der Waals surface area contributed by atoms with Crippen molar-refractivity contribution in [2.75, 3.05) is 13.6 Å². The zero-order chi connectivity index (χ0) is 14.7. The van der Waals surface area contributed by atoms with Gasteiger partial charge in [0.15, 0.2) is 0 Å². The topological polar surface area (TPSA) is 66.5 Å². The third kappa shape index (κ3) is 5.67. The third-order valence-corrected chi connectivity index (χ3v) is 4.06. The molecule has 0 aliphatic rings. The van der Waals surface area contributed by atoms with Crippen LogP contribution in [0, 0.1) is 0 Å². The Kier molecular flexibility index (Phi) is 5.60. The van der Waals surface area contributed by atoms with Crippen molar-refractivity contribution in [2.45, 2.75) is 38.2 Å². The van der Waals surface area contributed by atoms with Gasteiger partial charge in [-0.15, -0.1) is 0 Å². The molecular formula is C9H17F3N2O3S. The molecule has 0 heterocycles. The minimum absolute atomic E-state index is 0.727. The lowest BCUT2D eigenvalue weighted by molar-refractivity contribution is -0.150. The average Bonchev–Trinajstić information content (AvgIpc) is 2.12. The highest BCUT2D eigenvalue weighted by molar-refractivity contribution is 7.90. The van der Waals surface area contributed by atoms with E-state index in [0.717, 1.165) is 11.9 Å². The molecule has 0 radical (unpaired) electrons. The number of amides is 1. The van der Waals surface area contributed by atoms with E-state index in [4.69, 9.17) is 0 Å². The molecule has 1 amide bonds. The summed E-state index contributed by atoms with van der Waals surface area (Å²) in [4.78, 5) is 12.2. The molecule has 0 rings (SSSR count). The fourth-order valence-corrected chi connectivity index (χ4v) is 1.65. The van der Waals surface area contributed by atoms with Crippen molar-refractivity contribution in [3.05, 3.63) is 0 Å². The highest BCUT2D eigenvalue weighted by atomic mass is 32.2. The number of rotatable bonds is 5. The van der Waals surface area contributed by atoms with Gasteiger partial charge in [-0.05, 0) is 27.8 Å². The van der Waals surface area contributed by atoms with Crippen molar-refractivity contribution in [3.63, 3.8) is 0 Å². The van der Waals surface area contributed by atoms with E-state index in [2.05, 4.69) is 0 Å². The summed E-state index contributed by atoms with van der Waals surface area (Å²) < 4.78 is 60.8. The van der Waals surface area contributed by atoms with Crippen LogP contribution in [-0.2, 0) is 14.8 Å². The molecule has 0 aliphatic heterocycles. The number of sulfonamides is 1. The van der Waals surface area contributed by atoms with Gasteiger partial charge in [0.2, 0.25) is 15.9 Å². The first-order chi connectivity index (χ1) is 7.87. The molecule has 108 valence electrons. The van der Waals surface area contributed by atoms with Crippen molar-refractivity contribution >= 4 is 15.9 Å². The van der Waals surface area contributed by atoms with Gasteiger partial charge in [0.1, 0.15) is 0 Å². The summed E-state index contributed by atoms with van der Waals surface area (Å²) in [5, 5.41) is -0.832. The highest BCUT2D eigenvalue weighted by Crippen LogP contribution is 2.16. The van der Waals surface area contributed by atoms with E-state index < -0.39 is 39.9 Å². The van der Waals surface area contributed by atoms with Crippen LogP contribution in [0.3, 0.4) is 0 Å². The van der Waals surface area contributed by atoms with Crippen LogP contribution in [0.4, 0.5) is 13.2 Å². The Morgan fingerprint density at radius 2 is 1.72 bits per heavy atom. The lowest BCUT2D eigenvalue weighted by Crippen LogP contribution is -2.49. The smallest absolute Gasteiger partial charge is 0.287 e. The Hall–Kier alpha value is -0.830. The Bertz CT molecular complexity index is 392. The van der Waals surface area contributed by atoms with E-state index in [1.54, 1.807) is 4.72 Å². The molecule has 0 aromatic rings. The van der Waals surface area contributed by atoms with Crippen LogP contribution in [0.15, 0.2) is 0 Å². The van der Waals surface area contributed by atoms with Gasteiger partial charge in [-0.25, -0.2) is 8.42 Å². The first-order valence-electron chi connectivity index (χ1n) is 5.19. The predicted molar refractivity (Wildman–Crippen MR) is 60.3 cm³/mol. The van der Waals surface area contributed by atoms with Gasteiger partial charge >= 0.3 is 6.18 Å². The summed E-state index contributed by atoms with van der Waals surface area (Å²) >= 11 is 0. The molecule has 0 saturated carbocycles. The van der Waals surface area contributed by atoms with Crippen molar-refractivity contribution in [1.82, 2.24) is 9.62 Å². The lowest BCUT2D eigenvalue weighted by atomic mass is 10.3. The summed E-state index contributed by atoms with van der Waals surface area (Å²) in [6.07, 6.45) is -4.44. The zero-order valence-corrected chi connectivity index (χ0v) is 11.4. The van der Waals surface area contributed by atoms with Gasteiger partial charge in [0, 0.05) is 0 Å². The Labute approximate surface area is 104 Å². The van der Waals surface area contributed by atoms with Crippen molar-refractivity contribution < 1.29 is 26.4 Å². The molecule has 1 atom stereocenters. The molecule has 1 N–H and O–H groups in total. The molecule has 5 nitrogen and oxygen atoms in total. The van der Waals surface area contributed by atoms with Crippen LogP contribution < -0.4 is 4.72 Å². The molecule has 0 unspecified atom stereocenters. The van der Waals surface area contributed by atoms with E-state index in [9.17, 15) is 26.4 Å². The van der Waals surface area contributed by atoms with Gasteiger partial charge in [0.05, 0.1) is 17.8 Å². The third-order valence-electron chi connectivity index (χ3n) is 2.33. The van der Waals surface area contributed by atoms with Crippen LogP contribution in [0.1, 0.15) is 20.8 Å². The summed E-state index contributed by atoms with van der Waals surface area (Å²) in [6, 6.07) is -1.19. The summed E-state index contributed by atoms with van der Waals surface area (Å²) in [5.74, 6) is -0.976. The molecule has 0 aliphatic carbocycles. The maximum Gasteiger partial charge on any atom is 0.401 e. The second-order valence-electron chi connectivity index (χ2n) is 4.27. The number of nitrogens with one attached hydrogen (secondary N) is 1. The monoisotopic (exact) mass is 290 g/mol. The number of carbonyl (C=O) groups excluding carboxylic acids is 1. The normalized spacial score (nSPS) is 14.9. The molecule has 0 saturated heterocycles. The molecule has 0 bridgehead atoms. The summed E-state index contributed by atoms with van der Waals surface area (Å²) in [7, 11) is -2.73. The Morgan fingerprint density at radius 1 is 1.28 bits per heavy atom. The number of halogens is 3.